The fraction of sp³-hybridized carbons (Fsp3) is 0.958. The summed E-state index contributed by atoms with van der Waals surface area (Å²) >= 11 is 0. The maximum atomic E-state index is 13.2. The first-order chi connectivity index (χ1) is 15.0. The summed E-state index contributed by atoms with van der Waals surface area (Å²) < 4.78 is 23.9. The summed E-state index contributed by atoms with van der Waals surface area (Å²) in [7, 11) is -2.73. The normalized spacial score (nSPS) is 16.2. The van der Waals surface area contributed by atoms with Gasteiger partial charge in [-0.25, -0.2) is 4.79 Å². The zero-order chi connectivity index (χ0) is 24.3. The Bertz CT molecular complexity index is 516. The van der Waals surface area contributed by atoms with Crippen LogP contribution in [0, 0.1) is 5.41 Å². The maximum Gasteiger partial charge on any atom is 0.500 e. The number of rotatable bonds is 14. The van der Waals surface area contributed by atoms with Crippen molar-refractivity contribution < 1.29 is 22.8 Å². The average Bonchev–Trinajstić information content (AvgIpc) is 2.70. The molecule has 0 unspecified atom stereocenters. The molecule has 0 aliphatic heterocycles. The SMILES string of the molecule is CCO[Si](CCCN(CNC1CCCCC1)C(=O)OC(C)(C)C(C)(C)C)(OCC)OCC. The minimum Gasteiger partial charge on any atom is -0.443 e. The van der Waals surface area contributed by atoms with E-state index in [0.29, 0.717) is 45.1 Å². The van der Waals surface area contributed by atoms with Gasteiger partial charge < -0.3 is 18.0 Å². The summed E-state index contributed by atoms with van der Waals surface area (Å²) in [6, 6.07) is 1.15. The van der Waals surface area contributed by atoms with Gasteiger partial charge in [-0.15, -0.1) is 0 Å². The first kappa shape index (κ1) is 29.4. The molecule has 1 aliphatic carbocycles. The molecule has 1 amide bonds. The highest BCUT2D eigenvalue weighted by atomic mass is 28.4. The first-order valence-corrected chi connectivity index (χ1v) is 14.6. The van der Waals surface area contributed by atoms with E-state index in [1.807, 2.05) is 34.6 Å². The third kappa shape index (κ3) is 9.67. The molecule has 1 saturated carbocycles. The molecule has 0 radical (unpaired) electrons. The minimum atomic E-state index is -2.73. The van der Waals surface area contributed by atoms with E-state index >= 15 is 0 Å². The molecular weight excluding hydrogens is 424 g/mol. The number of carbonyl (C=O) groups is 1. The molecule has 1 aliphatic rings. The zero-order valence-corrected chi connectivity index (χ0v) is 23.1. The molecule has 1 fully saturated rings. The number of ether oxygens (including phenoxy) is 1. The lowest BCUT2D eigenvalue weighted by Gasteiger charge is -2.39. The van der Waals surface area contributed by atoms with Crippen molar-refractivity contribution in [2.75, 3.05) is 33.0 Å². The van der Waals surface area contributed by atoms with Crippen LogP contribution in [-0.2, 0) is 18.0 Å². The number of hydrogen-bond donors (Lipinski definition) is 1. The highest BCUT2D eigenvalue weighted by Crippen LogP contribution is 2.33. The summed E-state index contributed by atoms with van der Waals surface area (Å²) in [4.78, 5) is 15.0. The van der Waals surface area contributed by atoms with Crippen LogP contribution in [0.15, 0.2) is 0 Å². The molecule has 32 heavy (non-hydrogen) atoms. The van der Waals surface area contributed by atoms with Gasteiger partial charge in [0.25, 0.3) is 0 Å². The Morgan fingerprint density at radius 2 is 1.47 bits per heavy atom. The van der Waals surface area contributed by atoms with Crippen LogP contribution in [0.5, 0.6) is 0 Å². The van der Waals surface area contributed by atoms with E-state index in [-0.39, 0.29) is 11.5 Å². The van der Waals surface area contributed by atoms with Crippen molar-refractivity contribution >= 4 is 14.9 Å². The van der Waals surface area contributed by atoms with Gasteiger partial charge in [0.05, 0.1) is 6.67 Å². The third-order valence-corrected chi connectivity index (χ3v) is 9.74. The lowest BCUT2D eigenvalue weighted by molar-refractivity contribution is -0.0547. The van der Waals surface area contributed by atoms with Gasteiger partial charge in [0.1, 0.15) is 5.60 Å². The van der Waals surface area contributed by atoms with Crippen LogP contribution in [0.1, 0.15) is 93.9 Å². The molecule has 0 aromatic rings. The van der Waals surface area contributed by atoms with Gasteiger partial charge in [-0.1, -0.05) is 40.0 Å². The van der Waals surface area contributed by atoms with Crippen molar-refractivity contribution in [3.63, 3.8) is 0 Å². The van der Waals surface area contributed by atoms with Crippen molar-refractivity contribution in [2.24, 2.45) is 5.41 Å². The van der Waals surface area contributed by atoms with Crippen molar-refractivity contribution in [2.45, 2.75) is 112 Å². The fourth-order valence-electron chi connectivity index (χ4n) is 3.70. The molecule has 8 heteroatoms. The summed E-state index contributed by atoms with van der Waals surface area (Å²) in [5.74, 6) is 0. The van der Waals surface area contributed by atoms with Crippen LogP contribution in [0.25, 0.3) is 0 Å². The van der Waals surface area contributed by atoms with Crippen molar-refractivity contribution in [1.82, 2.24) is 10.2 Å². The number of hydrogen-bond acceptors (Lipinski definition) is 6. The Morgan fingerprint density at radius 1 is 0.938 bits per heavy atom. The molecule has 0 atom stereocenters. The van der Waals surface area contributed by atoms with Gasteiger partial charge in [0.15, 0.2) is 0 Å². The predicted molar refractivity (Wildman–Crippen MR) is 132 cm³/mol. The molecular formula is C24H50N2O5Si. The zero-order valence-electron chi connectivity index (χ0n) is 22.1. The monoisotopic (exact) mass is 474 g/mol. The summed E-state index contributed by atoms with van der Waals surface area (Å²) in [5, 5.41) is 3.59. The molecule has 1 rings (SSSR count). The molecule has 1 N–H and O–H groups in total. The number of nitrogens with one attached hydrogen (secondary N) is 1. The second-order valence-electron chi connectivity index (χ2n) is 10.2. The molecule has 0 heterocycles. The summed E-state index contributed by atoms with van der Waals surface area (Å²) in [6.45, 7) is 18.9. The van der Waals surface area contributed by atoms with Crippen LogP contribution in [-0.4, -0.2) is 64.5 Å². The Labute approximate surface area is 198 Å². The van der Waals surface area contributed by atoms with Crippen LogP contribution >= 0.6 is 0 Å². The van der Waals surface area contributed by atoms with E-state index in [4.69, 9.17) is 18.0 Å². The van der Waals surface area contributed by atoms with Gasteiger partial charge in [-0.3, -0.25) is 10.2 Å². The standard InChI is InChI=1S/C24H50N2O5Si/c1-9-28-32(29-10-2,30-11-3)19-15-18-26(20-25-21-16-13-12-14-17-21)22(27)31-24(7,8)23(4,5)6/h21,25H,9-20H2,1-8H3. The van der Waals surface area contributed by atoms with E-state index in [2.05, 4.69) is 26.1 Å². The Balaban J connectivity index is 2.83. The van der Waals surface area contributed by atoms with E-state index < -0.39 is 14.4 Å². The van der Waals surface area contributed by atoms with Crippen molar-refractivity contribution in [3.05, 3.63) is 0 Å². The van der Waals surface area contributed by atoms with Crippen LogP contribution in [0.2, 0.25) is 6.04 Å². The highest BCUT2D eigenvalue weighted by molar-refractivity contribution is 6.60. The van der Waals surface area contributed by atoms with Crippen LogP contribution < -0.4 is 5.32 Å². The molecule has 0 spiro atoms. The van der Waals surface area contributed by atoms with Crippen LogP contribution in [0.3, 0.4) is 0 Å². The summed E-state index contributed by atoms with van der Waals surface area (Å²) in [5.41, 5.74) is -0.736. The fourth-order valence-corrected chi connectivity index (χ4v) is 6.30. The van der Waals surface area contributed by atoms with Gasteiger partial charge in [0, 0.05) is 43.9 Å². The lowest BCUT2D eigenvalue weighted by atomic mass is 9.79. The van der Waals surface area contributed by atoms with E-state index in [1.165, 1.54) is 32.1 Å². The van der Waals surface area contributed by atoms with E-state index in [9.17, 15) is 4.79 Å². The lowest BCUT2D eigenvalue weighted by Crippen LogP contribution is -2.50. The minimum absolute atomic E-state index is 0.161. The molecule has 190 valence electrons. The Morgan fingerprint density at radius 3 is 1.94 bits per heavy atom. The van der Waals surface area contributed by atoms with Gasteiger partial charge in [-0.2, -0.15) is 0 Å². The number of nitrogens with zero attached hydrogens (tertiary/aromatic N) is 1. The van der Waals surface area contributed by atoms with E-state index in [1.54, 1.807) is 4.90 Å². The second-order valence-corrected chi connectivity index (χ2v) is 12.9. The largest absolute Gasteiger partial charge is 0.500 e. The quantitative estimate of drug-likeness (QED) is 0.262. The highest BCUT2D eigenvalue weighted by Gasteiger charge is 2.41. The summed E-state index contributed by atoms with van der Waals surface area (Å²) in [6.07, 6.45) is 6.63. The molecule has 0 aromatic carbocycles. The van der Waals surface area contributed by atoms with E-state index in [0.717, 1.165) is 6.42 Å². The van der Waals surface area contributed by atoms with Gasteiger partial charge >= 0.3 is 14.9 Å². The van der Waals surface area contributed by atoms with Crippen LogP contribution in [0.4, 0.5) is 4.79 Å². The molecule has 7 nitrogen and oxygen atoms in total. The number of carbonyl (C=O) groups excluding carboxylic acids is 1. The Hall–Kier alpha value is -0.673. The second kappa shape index (κ2) is 13.9. The number of amides is 1. The predicted octanol–water partition coefficient (Wildman–Crippen LogP) is 5.57. The molecule has 0 saturated heterocycles. The molecule has 0 aromatic heterocycles. The first-order valence-electron chi connectivity index (χ1n) is 12.6. The van der Waals surface area contributed by atoms with Gasteiger partial charge in [0.2, 0.25) is 0 Å². The van der Waals surface area contributed by atoms with Crippen molar-refractivity contribution in [3.8, 4) is 0 Å². The topological polar surface area (TPSA) is 69.3 Å². The average molecular weight is 475 g/mol. The maximum absolute atomic E-state index is 13.2. The molecule has 0 bridgehead atoms. The Kier molecular flexibility index (Phi) is 12.7. The third-order valence-electron chi connectivity index (χ3n) is 6.59. The smallest absolute Gasteiger partial charge is 0.443 e. The van der Waals surface area contributed by atoms with Gasteiger partial charge in [-0.05, 0) is 53.9 Å². The van der Waals surface area contributed by atoms with Crippen molar-refractivity contribution in [1.29, 1.82) is 0 Å².